The molecule has 1 saturated heterocycles. The van der Waals surface area contributed by atoms with Crippen molar-refractivity contribution in [3.8, 4) is 11.3 Å². The molecule has 2 fully saturated rings. The molecule has 0 bridgehead atoms. The van der Waals surface area contributed by atoms with Gasteiger partial charge in [0.2, 0.25) is 16.0 Å². The maximum Gasteiger partial charge on any atom is 0.238 e. The molecule has 7 nitrogen and oxygen atoms in total. The summed E-state index contributed by atoms with van der Waals surface area (Å²) in [5, 5.41) is 3.48. The van der Waals surface area contributed by atoms with E-state index in [1.807, 2.05) is 0 Å². The van der Waals surface area contributed by atoms with E-state index in [2.05, 4.69) is 10.1 Å². The van der Waals surface area contributed by atoms with Gasteiger partial charge in [-0.15, -0.1) is 5.10 Å². The molecule has 13 heteroatoms. The fourth-order valence-electron chi connectivity index (χ4n) is 3.61. The summed E-state index contributed by atoms with van der Waals surface area (Å²) in [6.07, 6.45) is 2.80. The Morgan fingerprint density at radius 1 is 1.03 bits per heavy atom. The summed E-state index contributed by atoms with van der Waals surface area (Å²) < 4.78 is 92.9. The fourth-order valence-corrected chi connectivity index (χ4v) is 5.51. The van der Waals surface area contributed by atoms with E-state index in [4.69, 9.17) is 5.73 Å². The van der Waals surface area contributed by atoms with Crippen molar-refractivity contribution >= 4 is 21.5 Å². The number of piperidine rings is 1. The number of nitrogen functional groups attached to an aromatic ring is 1. The van der Waals surface area contributed by atoms with E-state index in [1.54, 1.807) is 0 Å². The van der Waals surface area contributed by atoms with E-state index in [0.717, 1.165) is 35.7 Å². The Kier molecular flexibility index (Phi) is 6.27. The molecule has 1 aromatic carbocycles. The third-order valence-corrected chi connectivity index (χ3v) is 7.78. The van der Waals surface area contributed by atoms with Crippen LogP contribution in [0.2, 0.25) is 0 Å². The lowest BCUT2D eigenvalue weighted by molar-refractivity contribution is 0.203. The number of benzene rings is 1. The normalized spacial score (nSPS) is 19.4. The lowest BCUT2D eigenvalue weighted by Gasteiger charge is -2.28. The second kappa shape index (κ2) is 8.86. The highest BCUT2D eigenvalue weighted by molar-refractivity contribution is 7.90. The first-order chi connectivity index (χ1) is 15.6. The van der Waals surface area contributed by atoms with Crippen LogP contribution in [0.1, 0.15) is 25.7 Å². The Bertz CT molecular complexity index is 1300. The van der Waals surface area contributed by atoms with Crippen LogP contribution in [0.4, 0.5) is 27.9 Å². The third-order valence-electron chi connectivity index (χ3n) is 5.42. The molecule has 178 valence electrons. The number of aromatic nitrogens is 3. The van der Waals surface area contributed by atoms with Crippen LogP contribution in [0.25, 0.3) is 16.8 Å². The van der Waals surface area contributed by atoms with Crippen molar-refractivity contribution < 1.29 is 30.4 Å². The average Bonchev–Trinajstić information content (AvgIpc) is 3.58. The summed E-state index contributed by atoms with van der Waals surface area (Å²) >= 11 is 0. The summed E-state index contributed by atoms with van der Waals surface area (Å²) in [5.41, 5.74) is 4.22. The zero-order valence-electron chi connectivity index (χ0n) is 17.2. The second-order valence-corrected chi connectivity index (χ2v) is 10.1. The smallest absolute Gasteiger partial charge is 0.238 e. The average molecular weight is 489 g/mol. The standard InChI is InChI=1S/C12H6F4N4.C8H14FNO2S/c13-5-1-2-6(14)11(16)10(5)8-3-7(15)9-4-18-12(17)19-20(8)9;9-7-2-1-5-10(6-7)13(11,12)8-3-4-8/h1-4H,(H2,17,19);7-8H,1-6H2. The van der Waals surface area contributed by atoms with Crippen LogP contribution < -0.4 is 5.73 Å². The number of sulfonamides is 1. The number of hydrogen-bond acceptors (Lipinski definition) is 5. The maximum absolute atomic E-state index is 13.8. The number of rotatable bonds is 3. The van der Waals surface area contributed by atoms with E-state index in [-0.39, 0.29) is 29.0 Å². The lowest BCUT2D eigenvalue weighted by Crippen LogP contribution is -2.42. The van der Waals surface area contributed by atoms with Crippen molar-refractivity contribution in [1.29, 1.82) is 0 Å². The number of fused-ring (bicyclic) bond motifs is 1. The van der Waals surface area contributed by atoms with Crippen molar-refractivity contribution in [2.24, 2.45) is 0 Å². The highest BCUT2D eigenvalue weighted by Crippen LogP contribution is 2.33. The zero-order chi connectivity index (χ0) is 23.9. The predicted molar refractivity (Wildman–Crippen MR) is 110 cm³/mol. The summed E-state index contributed by atoms with van der Waals surface area (Å²) in [6, 6.07) is 2.23. The third kappa shape index (κ3) is 4.64. The molecule has 1 atom stereocenters. The lowest BCUT2D eigenvalue weighted by atomic mass is 10.1. The molecule has 1 aliphatic carbocycles. The summed E-state index contributed by atoms with van der Waals surface area (Å²) in [5.74, 6) is -4.74. The number of nitrogens with zero attached hydrogens (tertiary/aromatic N) is 4. The van der Waals surface area contributed by atoms with Gasteiger partial charge in [0, 0.05) is 19.2 Å². The van der Waals surface area contributed by atoms with Gasteiger partial charge in [0.25, 0.3) is 0 Å². The molecule has 2 N–H and O–H groups in total. The Hall–Kier alpha value is -2.80. The van der Waals surface area contributed by atoms with Gasteiger partial charge in [-0.2, -0.15) is 4.31 Å². The summed E-state index contributed by atoms with van der Waals surface area (Å²) in [4.78, 5) is 3.58. The topological polar surface area (TPSA) is 93.6 Å². The Balaban J connectivity index is 0.000000172. The minimum absolute atomic E-state index is 0.0822. The number of nitrogens with two attached hydrogens (primary N) is 1. The van der Waals surface area contributed by atoms with Gasteiger partial charge in [-0.05, 0) is 37.8 Å². The second-order valence-electron chi connectivity index (χ2n) is 7.85. The molecule has 2 aliphatic rings. The van der Waals surface area contributed by atoms with Crippen LogP contribution in [0.3, 0.4) is 0 Å². The van der Waals surface area contributed by atoms with Gasteiger partial charge in [0.15, 0.2) is 17.5 Å². The maximum atomic E-state index is 13.8. The van der Waals surface area contributed by atoms with E-state index in [0.29, 0.717) is 25.5 Å². The highest BCUT2D eigenvalue weighted by Gasteiger charge is 2.41. The van der Waals surface area contributed by atoms with E-state index in [9.17, 15) is 30.4 Å². The summed E-state index contributed by atoms with van der Waals surface area (Å²) in [6.45, 7) is 0.595. The Morgan fingerprint density at radius 2 is 1.73 bits per heavy atom. The van der Waals surface area contributed by atoms with Crippen LogP contribution >= 0.6 is 0 Å². The zero-order valence-corrected chi connectivity index (χ0v) is 18.0. The molecule has 3 heterocycles. The molecule has 2 aromatic heterocycles. The van der Waals surface area contributed by atoms with E-state index in [1.165, 1.54) is 4.31 Å². The first kappa shape index (κ1) is 23.4. The minimum atomic E-state index is -3.13. The summed E-state index contributed by atoms with van der Waals surface area (Å²) in [7, 11) is -3.13. The molecule has 0 spiro atoms. The van der Waals surface area contributed by atoms with E-state index < -0.39 is 45.0 Å². The van der Waals surface area contributed by atoms with Gasteiger partial charge >= 0.3 is 0 Å². The van der Waals surface area contributed by atoms with Gasteiger partial charge in [-0.3, -0.25) is 0 Å². The fraction of sp³-hybridized carbons (Fsp3) is 0.400. The number of anilines is 1. The predicted octanol–water partition coefficient (Wildman–Crippen LogP) is 3.45. The largest absolute Gasteiger partial charge is 0.367 e. The van der Waals surface area contributed by atoms with Gasteiger partial charge in [-0.1, -0.05) is 0 Å². The van der Waals surface area contributed by atoms with Crippen molar-refractivity contribution in [2.45, 2.75) is 37.1 Å². The molecule has 1 aliphatic heterocycles. The van der Waals surface area contributed by atoms with Crippen LogP contribution in [0.15, 0.2) is 24.4 Å². The number of alkyl halides is 1. The van der Waals surface area contributed by atoms with Crippen LogP contribution in [0.5, 0.6) is 0 Å². The molecule has 1 saturated carbocycles. The van der Waals surface area contributed by atoms with Gasteiger partial charge < -0.3 is 5.73 Å². The van der Waals surface area contributed by atoms with Crippen molar-refractivity contribution in [2.75, 3.05) is 18.8 Å². The van der Waals surface area contributed by atoms with Crippen molar-refractivity contribution in [1.82, 2.24) is 18.9 Å². The molecule has 0 amide bonds. The van der Waals surface area contributed by atoms with Gasteiger partial charge in [0.1, 0.15) is 17.5 Å². The van der Waals surface area contributed by atoms with Gasteiger partial charge in [-0.25, -0.2) is 39.9 Å². The number of hydrogen-bond donors (Lipinski definition) is 1. The van der Waals surface area contributed by atoms with Crippen molar-refractivity contribution in [3.63, 3.8) is 0 Å². The SMILES string of the molecule is Nc1ncc2c(F)cc(-c3c(F)ccc(F)c3F)n2n1.O=S(=O)(C1CC1)N1CCCC(F)C1. The molecular formula is C20H20F5N5O2S. The Morgan fingerprint density at radius 3 is 2.39 bits per heavy atom. The molecule has 33 heavy (non-hydrogen) atoms. The van der Waals surface area contributed by atoms with E-state index >= 15 is 0 Å². The van der Waals surface area contributed by atoms with Crippen LogP contribution in [-0.2, 0) is 10.0 Å². The monoisotopic (exact) mass is 489 g/mol. The van der Waals surface area contributed by atoms with Crippen molar-refractivity contribution in [3.05, 3.63) is 47.7 Å². The molecule has 0 radical (unpaired) electrons. The molecule has 3 aromatic rings. The molecular weight excluding hydrogens is 469 g/mol. The quantitative estimate of drug-likeness (QED) is 0.449. The molecule has 1 unspecified atom stereocenters. The Labute approximate surface area is 186 Å². The first-order valence-corrected chi connectivity index (χ1v) is 11.7. The van der Waals surface area contributed by atoms with Crippen LogP contribution in [-0.4, -0.2) is 51.8 Å². The minimum Gasteiger partial charge on any atom is -0.367 e. The van der Waals surface area contributed by atoms with Crippen LogP contribution in [0, 0.1) is 23.3 Å². The molecule has 5 rings (SSSR count). The first-order valence-electron chi connectivity index (χ1n) is 10.2. The highest BCUT2D eigenvalue weighted by atomic mass is 32.2. The van der Waals surface area contributed by atoms with Gasteiger partial charge in [0.05, 0.1) is 22.7 Å². The number of halogens is 5.